The molecule has 0 N–H and O–H groups in total. The van der Waals surface area contributed by atoms with Crippen LogP contribution in [0.2, 0.25) is 0 Å². The molecule has 0 spiro atoms. The Morgan fingerprint density at radius 2 is 2.05 bits per heavy atom. The summed E-state index contributed by atoms with van der Waals surface area (Å²) in [4.78, 5) is 25.8. The lowest BCUT2D eigenvalue weighted by Gasteiger charge is -2.27. The van der Waals surface area contributed by atoms with Crippen molar-refractivity contribution in [3.63, 3.8) is 0 Å². The molecule has 1 unspecified atom stereocenters. The summed E-state index contributed by atoms with van der Waals surface area (Å²) in [6.07, 6.45) is 2.41. The van der Waals surface area contributed by atoms with Crippen LogP contribution >= 0.6 is 11.3 Å². The van der Waals surface area contributed by atoms with Gasteiger partial charge in [-0.15, -0.1) is 11.3 Å². The Kier molecular flexibility index (Phi) is 7.60. The highest BCUT2D eigenvalue weighted by molar-refractivity contribution is 7.12. The molecule has 0 aliphatic carbocycles. The van der Waals surface area contributed by atoms with Gasteiger partial charge in [0.2, 0.25) is 5.88 Å². The average molecular weight is 588 g/mol. The Balaban J connectivity index is 1.27. The molecule has 0 amide bonds. The Hall–Kier alpha value is -4.73. The maximum atomic E-state index is 15.5. The summed E-state index contributed by atoms with van der Waals surface area (Å²) in [5.41, 5.74) is 2.00. The number of rotatable bonds is 9. The fraction of sp³-hybridized carbons (Fsp3) is 0.233. The zero-order valence-corrected chi connectivity index (χ0v) is 23.2. The summed E-state index contributed by atoms with van der Waals surface area (Å²) in [7, 11) is 1.31. The molecule has 4 heterocycles. The molecule has 0 saturated carbocycles. The smallest absolute Gasteiger partial charge is 0.337 e. The fourth-order valence-corrected chi connectivity index (χ4v) is 5.32. The number of halogens is 2. The second-order valence-corrected chi connectivity index (χ2v) is 10.7. The van der Waals surface area contributed by atoms with Gasteiger partial charge in [0.05, 0.1) is 46.9 Å². The second-order valence-electron chi connectivity index (χ2n) is 9.61. The van der Waals surface area contributed by atoms with E-state index in [2.05, 4.69) is 15.0 Å². The first kappa shape index (κ1) is 27.4. The standard InChI is InChI=1S/C30H23F2N5O4S/c1-39-30(38)17-5-6-25-26(10-17)37(15-19-7-8-40-19)27(35-25)11-18-9-23(32)21(12-22(18)31)24-3-2-4-28(36-24)41-16-20-14-34-29(13-33)42-20/h2-6,9-10,12,14,19H,7-8,11,15-16H2,1H3. The van der Waals surface area contributed by atoms with Gasteiger partial charge in [-0.3, -0.25) is 0 Å². The third kappa shape index (κ3) is 5.57. The minimum absolute atomic E-state index is 0.00894. The van der Waals surface area contributed by atoms with Crippen LogP contribution < -0.4 is 4.74 Å². The molecule has 6 rings (SSSR count). The van der Waals surface area contributed by atoms with Gasteiger partial charge in [0.25, 0.3) is 0 Å². The Morgan fingerprint density at radius 3 is 2.79 bits per heavy atom. The van der Waals surface area contributed by atoms with Crippen LogP contribution in [0, 0.1) is 23.0 Å². The largest absolute Gasteiger partial charge is 0.472 e. The molecule has 1 aliphatic rings. The van der Waals surface area contributed by atoms with Crippen molar-refractivity contribution in [1.82, 2.24) is 19.5 Å². The third-order valence-electron chi connectivity index (χ3n) is 6.92. The predicted molar refractivity (Wildman–Crippen MR) is 149 cm³/mol. The van der Waals surface area contributed by atoms with Gasteiger partial charge in [-0.25, -0.2) is 28.5 Å². The number of hydrogen-bond donors (Lipinski definition) is 0. The van der Waals surface area contributed by atoms with Crippen LogP contribution in [0.15, 0.2) is 54.7 Å². The molecule has 9 nitrogen and oxygen atoms in total. The van der Waals surface area contributed by atoms with E-state index < -0.39 is 17.6 Å². The van der Waals surface area contributed by atoms with Crippen LogP contribution in [-0.2, 0) is 29.0 Å². The van der Waals surface area contributed by atoms with Gasteiger partial charge >= 0.3 is 5.97 Å². The summed E-state index contributed by atoms with van der Waals surface area (Å²) in [6.45, 7) is 1.27. The number of thiazole rings is 1. The lowest BCUT2D eigenvalue weighted by Crippen LogP contribution is -2.31. The minimum Gasteiger partial charge on any atom is -0.472 e. The SMILES string of the molecule is COC(=O)c1ccc2nc(Cc3cc(F)c(-c4cccc(OCc5cnc(C#N)s5)n4)cc3F)n(CC3CCO3)c2c1. The Labute approximate surface area is 243 Å². The molecule has 2 aromatic carbocycles. The van der Waals surface area contributed by atoms with E-state index in [1.54, 1.807) is 42.6 Å². The van der Waals surface area contributed by atoms with Crippen molar-refractivity contribution in [3.05, 3.63) is 93.2 Å². The average Bonchev–Trinajstić information content (AvgIpc) is 3.59. The van der Waals surface area contributed by atoms with Crippen molar-refractivity contribution in [2.45, 2.75) is 32.1 Å². The summed E-state index contributed by atoms with van der Waals surface area (Å²) >= 11 is 1.20. The highest BCUT2D eigenvalue weighted by atomic mass is 32.1. The Bertz CT molecular complexity index is 1840. The lowest BCUT2D eigenvalue weighted by atomic mass is 10.0. The van der Waals surface area contributed by atoms with Gasteiger partial charge in [-0.1, -0.05) is 6.07 Å². The van der Waals surface area contributed by atoms with E-state index in [9.17, 15) is 4.79 Å². The number of esters is 1. The van der Waals surface area contributed by atoms with Gasteiger partial charge in [-0.05, 0) is 48.4 Å². The number of carbonyl (C=O) groups is 1. The number of ether oxygens (including phenoxy) is 3. The quantitative estimate of drug-likeness (QED) is 0.209. The number of hydrogen-bond acceptors (Lipinski definition) is 9. The van der Waals surface area contributed by atoms with Crippen molar-refractivity contribution < 1.29 is 27.8 Å². The van der Waals surface area contributed by atoms with E-state index in [0.29, 0.717) is 40.6 Å². The first-order valence-corrected chi connectivity index (χ1v) is 13.9. The molecular weight excluding hydrogens is 564 g/mol. The molecule has 42 heavy (non-hydrogen) atoms. The zero-order valence-electron chi connectivity index (χ0n) is 22.3. The van der Waals surface area contributed by atoms with Crippen LogP contribution in [0.1, 0.15) is 38.1 Å². The number of aromatic nitrogens is 4. The van der Waals surface area contributed by atoms with Crippen molar-refractivity contribution in [2.75, 3.05) is 13.7 Å². The highest BCUT2D eigenvalue weighted by Crippen LogP contribution is 2.29. The van der Waals surface area contributed by atoms with E-state index in [4.69, 9.17) is 19.5 Å². The number of imidazole rings is 1. The van der Waals surface area contributed by atoms with Gasteiger partial charge in [0.15, 0.2) is 5.01 Å². The number of benzene rings is 2. The van der Waals surface area contributed by atoms with E-state index >= 15 is 8.78 Å². The van der Waals surface area contributed by atoms with Crippen molar-refractivity contribution >= 4 is 28.3 Å². The maximum absolute atomic E-state index is 15.5. The van der Waals surface area contributed by atoms with Crippen molar-refractivity contribution in [2.24, 2.45) is 0 Å². The fourth-order valence-electron chi connectivity index (χ4n) is 4.69. The topological polar surface area (TPSA) is 112 Å². The number of fused-ring (bicyclic) bond motifs is 1. The van der Waals surface area contributed by atoms with E-state index in [0.717, 1.165) is 23.4 Å². The number of pyridine rings is 1. The number of carbonyl (C=O) groups excluding carboxylic acids is 1. The zero-order chi connectivity index (χ0) is 29.2. The number of nitriles is 1. The van der Waals surface area contributed by atoms with Crippen LogP contribution in [0.25, 0.3) is 22.3 Å². The highest BCUT2D eigenvalue weighted by Gasteiger charge is 2.24. The van der Waals surface area contributed by atoms with Gasteiger partial charge in [-0.2, -0.15) is 5.26 Å². The lowest BCUT2D eigenvalue weighted by molar-refractivity contribution is -0.0589. The molecule has 212 valence electrons. The Morgan fingerprint density at radius 1 is 1.19 bits per heavy atom. The van der Waals surface area contributed by atoms with E-state index in [-0.39, 0.29) is 41.8 Å². The summed E-state index contributed by atoms with van der Waals surface area (Å²) in [6, 6.07) is 14.1. The second kappa shape index (κ2) is 11.6. The third-order valence-corrected chi connectivity index (χ3v) is 7.80. The monoisotopic (exact) mass is 587 g/mol. The molecule has 1 saturated heterocycles. The molecule has 1 fully saturated rings. The molecule has 1 aliphatic heterocycles. The maximum Gasteiger partial charge on any atom is 0.337 e. The van der Waals surface area contributed by atoms with Gasteiger partial charge < -0.3 is 18.8 Å². The molecule has 0 bridgehead atoms. The predicted octanol–water partition coefficient (Wildman–Crippen LogP) is 5.45. The normalized spacial score (nSPS) is 14.4. The van der Waals surface area contributed by atoms with E-state index in [1.807, 2.05) is 10.6 Å². The van der Waals surface area contributed by atoms with E-state index in [1.165, 1.54) is 18.4 Å². The van der Waals surface area contributed by atoms with Gasteiger partial charge in [0.1, 0.15) is 30.1 Å². The first-order valence-electron chi connectivity index (χ1n) is 13.0. The molecule has 12 heteroatoms. The van der Waals surface area contributed by atoms with Crippen molar-refractivity contribution in [3.8, 4) is 23.2 Å². The molecule has 1 atom stereocenters. The molecule has 5 aromatic rings. The summed E-state index contributed by atoms with van der Waals surface area (Å²) < 4.78 is 48.9. The van der Waals surface area contributed by atoms with Crippen LogP contribution in [-0.4, -0.2) is 45.3 Å². The summed E-state index contributed by atoms with van der Waals surface area (Å²) in [5, 5.41) is 9.26. The van der Waals surface area contributed by atoms with Crippen molar-refractivity contribution in [1.29, 1.82) is 5.26 Å². The minimum atomic E-state index is -0.643. The summed E-state index contributed by atoms with van der Waals surface area (Å²) in [5.74, 6) is -0.988. The van der Waals surface area contributed by atoms with Crippen LogP contribution in [0.4, 0.5) is 8.78 Å². The van der Waals surface area contributed by atoms with Gasteiger partial charge in [0, 0.05) is 30.9 Å². The molecule has 0 radical (unpaired) electrons. The number of methoxy groups -OCH3 is 1. The number of nitrogens with zero attached hydrogens (tertiary/aromatic N) is 5. The van der Waals surface area contributed by atoms with Crippen LogP contribution in [0.5, 0.6) is 5.88 Å². The molecule has 3 aromatic heterocycles. The molecular formula is C30H23F2N5O4S. The first-order chi connectivity index (χ1) is 20.4. The van der Waals surface area contributed by atoms with Crippen LogP contribution in [0.3, 0.4) is 0 Å².